The molecule has 0 saturated carbocycles. The highest BCUT2D eigenvalue weighted by Gasteiger charge is 2.54. The van der Waals surface area contributed by atoms with Crippen molar-refractivity contribution >= 4 is 29.1 Å². The van der Waals surface area contributed by atoms with Crippen molar-refractivity contribution in [1.29, 1.82) is 0 Å². The normalized spacial score (nSPS) is 19.8. The molecule has 2 atom stereocenters. The van der Waals surface area contributed by atoms with Crippen molar-refractivity contribution in [3.8, 4) is 11.5 Å². The maximum atomic E-state index is 13.3. The molecule has 1 fully saturated rings. The number of nitrogens with zero attached hydrogens (tertiary/aromatic N) is 5. The topological polar surface area (TPSA) is 91.4 Å². The Morgan fingerprint density at radius 3 is 2.55 bits per heavy atom. The number of fused-ring (bicyclic) bond motifs is 1. The number of benzene rings is 2. The zero-order valence-corrected chi connectivity index (χ0v) is 19.2. The van der Waals surface area contributed by atoms with E-state index in [1.54, 1.807) is 31.2 Å². The summed E-state index contributed by atoms with van der Waals surface area (Å²) in [4.78, 5) is 32.0. The minimum Gasteiger partial charge on any atom is -0.441 e. The van der Waals surface area contributed by atoms with Gasteiger partial charge in [0.1, 0.15) is 11.5 Å². The van der Waals surface area contributed by atoms with Crippen LogP contribution in [-0.4, -0.2) is 33.9 Å². The van der Waals surface area contributed by atoms with Crippen LogP contribution in [0.15, 0.2) is 63.3 Å². The summed E-state index contributed by atoms with van der Waals surface area (Å²) in [5.41, 5.74) is 3.04. The molecule has 3 aromatic rings. The van der Waals surface area contributed by atoms with Gasteiger partial charge in [0.05, 0.1) is 12.2 Å². The van der Waals surface area contributed by atoms with Gasteiger partial charge in [0.2, 0.25) is 5.89 Å². The van der Waals surface area contributed by atoms with Crippen LogP contribution in [0.4, 0.5) is 5.69 Å². The van der Waals surface area contributed by atoms with Crippen molar-refractivity contribution in [2.24, 2.45) is 10.3 Å². The van der Waals surface area contributed by atoms with Crippen LogP contribution in [0.5, 0.6) is 0 Å². The van der Waals surface area contributed by atoms with Crippen molar-refractivity contribution in [3.63, 3.8) is 0 Å². The Morgan fingerprint density at radius 2 is 1.85 bits per heavy atom. The fourth-order valence-electron chi connectivity index (χ4n) is 4.09. The average molecular weight is 464 g/mol. The second kappa shape index (κ2) is 8.12. The largest absolute Gasteiger partial charge is 0.441 e. The number of anilines is 1. The minimum atomic E-state index is -0.859. The van der Waals surface area contributed by atoms with E-state index >= 15 is 0 Å². The van der Waals surface area contributed by atoms with Crippen LogP contribution in [0.2, 0.25) is 5.02 Å². The number of carbonyl (C=O) groups is 2. The molecule has 9 heteroatoms. The lowest BCUT2D eigenvalue weighted by Gasteiger charge is -2.20. The Hall–Kier alpha value is -3.52. The predicted octanol–water partition coefficient (Wildman–Crippen LogP) is 4.92. The lowest BCUT2D eigenvalue weighted by molar-refractivity contribution is -0.123. The Labute approximate surface area is 195 Å². The van der Waals surface area contributed by atoms with Gasteiger partial charge in [0, 0.05) is 10.6 Å². The van der Waals surface area contributed by atoms with Gasteiger partial charge in [0.15, 0.2) is 12.1 Å². The number of imide groups is 1. The third-order valence-corrected chi connectivity index (χ3v) is 6.19. The highest BCUT2D eigenvalue weighted by molar-refractivity contribution is 6.30. The van der Waals surface area contributed by atoms with Crippen molar-refractivity contribution in [2.45, 2.75) is 45.3 Å². The quantitative estimate of drug-likeness (QED) is 0.501. The summed E-state index contributed by atoms with van der Waals surface area (Å²) in [5.74, 6) is 0.670. The van der Waals surface area contributed by atoms with Crippen molar-refractivity contribution < 1.29 is 14.0 Å². The number of aryl methyl sites for hydroxylation is 1. The van der Waals surface area contributed by atoms with Crippen LogP contribution >= 0.6 is 11.6 Å². The second-order valence-electron chi connectivity index (χ2n) is 8.48. The molecule has 1 saturated heterocycles. The number of hydrogen-bond donors (Lipinski definition) is 0. The maximum Gasteiger partial charge on any atom is 0.263 e. The van der Waals surface area contributed by atoms with E-state index in [9.17, 15) is 9.59 Å². The van der Waals surface area contributed by atoms with Gasteiger partial charge in [-0.05, 0) is 48.7 Å². The number of rotatable bonds is 5. The number of halogens is 1. The van der Waals surface area contributed by atoms with E-state index < -0.39 is 12.1 Å². The maximum absolute atomic E-state index is 13.3. The molecule has 0 N–H and O–H groups in total. The number of carbonyl (C=O) groups excluding carboxylic acids is 2. The van der Waals surface area contributed by atoms with E-state index in [1.165, 1.54) is 9.91 Å². The summed E-state index contributed by atoms with van der Waals surface area (Å²) in [7, 11) is 0. The van der Waals surface area contributed by atoms with Crippen LogP contribution in [0.1, 0.15) is 36.8 Å². The monoisotopic (exact) mass is 463 g/mol. The third kappa shape index (κ3) is 3.70. The molecule has 2 amide bonds. The van der Waals surface area contributed by atoms with E-state index in [4.69, 9.17) is 16.0 Å². The van der Waals surface area contributed by atoms with E-state index in [0.29, 0.717) is 34.0 Å². The van der Waals surface area contributed by atoms with Gasteiger partial charge in [0.25, 0.3) is 11.8 Å². The smallest absolute Gasteiger partial charge is 0.263 e. The van der Waals surface area contributed by atoms with Crippen LogP contribution in [0.3, 0.4) is 0 Å². The number of amides is 2. The standard InChI is InChI=1S/C24H22ClN5O3/c1-13(2)15-7-9-18(10-8-15)30-23(31)20-21(24(30)32)29(28-27-20)12-19-14(3)33-22(26-19)16-5-4-6-17(25)11-16/h4-11,13,20-21H,12H2,1-3H3/t20-,21+/m1/s1. The fourth-order valence-corrected chi connectivity index (χ4v) is 4.28. The Bertz CT molecular complexity index is 1270. The fraction of sp³-hybridized carbons (Fsp3) is 0.292. The zero-order chi connectivity index (χ0) is 23.3. The van der Waals surface area contributed by atoms with Crippen LogP contribution in [0.25, 0.3) is 11.5 Å². The summed E-state index contributed by atoms with van der Waals surface area (Å²) in [5, 5.41) is 10.3. The molecular formula is C24H22ClN5O3. The van der Waals surface area contributed by atoms with E-state index in [1.807, 2.05) is 24.3 Å². The van der Waals surface area contributed by atoms with E-state index in [-0.39, 0.29) is 18.4 Å². The van der Waals surface area contributed by atoms with Gasteiger partial charge in [-0.3, -0.25) is 14.6 Å². The van der Waals surface area contributed by atoms with Crippen molar-refractivity contribution in [2.75, 3.05) is 4.90 Å². The molecule has 0 unspecified atom stereocenters. The van der Waals surface area contributed by atoms with Gasteiger partial charge in [-0.2, -0.15) is 5.11 Å². The average Bonchev–Trinajstić information content (AvgIpc) is 3.44. The van der Waals surface area contributed by atoms with Gasteiger partial charge in [-0.1, -0.05) is 48.9 Å². The predicted molar refractivity (Wildman–Crippen MR) is 123 cm³/mol. The molecule has 0 radical (unpaired) electrons. The lowest BCUT2D eigenvalue weighted by atomic mass is 10.0. The molecule has 1 aromatic heterocycles. The summed E-state index contributed by atoms with van der Waals surface area (Å²) in [6.07, 6.45) is 0. The molecular weight excluding hydrogens is 442 g/mol. The highest BCUT2D eigenvalue weighted by atomic mass is 35.5. The molecule has 3 heterocycles. The number of aromatic nitrogens is 1. The molecule has 8 nitrogen and oxygen atoms in total. The summed E-state index contributed by atoms with van der Waals surface area (Å²) in [6, 6.07) is 13.0. The number of oxazole rings is 1. The van der Waals surface area contributed by atoms with Crippen LogP contribution in [-0.2, 0) is 16.1 Å². The van der Waals surface area contributed by atoms with Crippen LogP contribution in [0, 0.1) is 6.92 Å². The van der Waals surface area contributed by atoms with Gasteiger partial charge in [-0.25, -0.2) is 9.88 Å². The van der Waals surface area contributed by atoms with Crippen molar-refractivity contribution in [1.82, 2.24) is 9.99 Å². The molecule has 0 aliphatic carbocycles. The SMILES string of the molecule is Cc1oc(-c2cccc(Cl)c2)nc1CN1N=N[C@H]2C(=O)N(c3ccc(C(C)C)cc3)C(=O)[C@H]21. The number of hydrogen-bond acceptors (Lipinski definition) is 7. The van der Waals surface area contributed by atoms with Gasteiger partial charge < -0.3 is 4.42 Å². The molecule has 5 rings (SSSR count). The lowest BCUT2D eigenvalue weighted by Crippen LogP contribution is -2.39. The Balaban J connectivity index is 1.38. The van der Waals surface area contributed by atoms with Gasteiger partial charge >= 0.3 is 0 Å². The van der Waals surface area contributed by atoms with Gasteiger partial charge in [-0.15, -0.1) is 0 Å². The van der Waals surface area contributed by atoms with E-state index in [2.05, 4.69) is 29.2 Å². The first-order valence-corrected chi connectivity index (χ1v) is 11.1. The Morgan fingerprint density at radius 1 is 1.09 bits per heavy atom. The third-order valence-electron chi connectivity index (χ3n) is 5.95. The summed E-state index contributed by atoms with van der Waals surface area (Å²) >= 11 is 6.08. The first kappa shape index (κ1) is 21.3. The van der Waals surface area contributed by atoms with E-state index in [0.717, 1.165) is 11.1 Å². The summed E-state index contributed by atoms with van der Waals surface area (Å²) in [6.45, 7) is 6.17. The molecule has 2 aromatic carbocycles. The molecule has 2 aliphatic heterocycles. The second-order valence-corrected chi connectivity index (χ2v) is 8.92. The Kier molecular flexibility index (Phi) is 5.25. The highest BCUT2D eigenvalue weighted by Crippen LogP contribution is 2.34. The molecule has 0 bridgehead atoms. The molecule has 33 heavy (non-hydrogen) atoms. The molecule has 0 spiro atoms. The molecule has 168 valence electrons. The molecule has 2 aliphatic rings. The van der Waals surface area contributed by atoms with Crippen LogP contribution < -0.4 is 4.90 Å². The minimum absolute atomic E-state index is 0.194. The first-order chi connectivity index (χ1) is 15.8. The first-order valence-electron chi connectivity index (χ1n) is 10.7. The zero-order valence-electron chi connectivity index (χ0n) is 18.4. The van der Waals surface area contributed by atoms with Crippen molar-refractivity contribution in [3.05, 3.63) is 70.6 Å². The summed E-state index contributed by atoms with van der Waals surface area (Å²) < 4.78 is 5.82.